The van der Waals surface area contributed by atoms with Crippen LogP contribution in [-0.2, 0) is 5.41 Å². The first-order chi connectivity index (χ1) is 43.5. The van der Waals surface area contributed by atoms with E-state index in [9.17, 15) is 0 Å². The topological polar surface area (TPSA) is 8.17 Å². The summed E-state index contributed by atoms with van der Waals surface area (Å²) in [5.74, 6) is 0. The lowest BCUT2D eigenvalue weighted by Gasteiger charge is -2.31. The SMILES string of the molecule is CC1(c2cccc(-c3ccc(-c4cccc5ccccc45)c4c(-c5cccc6ccccc56)cccc34)c2)c2ccccc2-c2ccc(N(c3ccc(-c4ccccc4)cc3)c3ccc(-c4ccc5c(c4)c4ccccc4n5-c4ccccc4)cc3)cc21. The van der Waals surface area contributed by atoms with E-state index in [0.29, 0.717) is 0 Å². The molecule has 2 heteroatoms. The highest BCUT2D eigenvalue weighted by atomic mass is 15.1. The van der Waals surface area contributed by atoms with Crippen LogP contribution in [0, 0.1) is 0 Å². The van der Waals surface area contributed by atoms with Crippen LogP contribution in [0.5, 0.6) is 0 Å². The number of anilines is 3. The van der Waals surface area contributed by atoms with Gasteiger partial charge < -0.3 is 9.47 Å². The molecule has 1 atom stereocenters. The van der Waals surface area contributed by atoms with Gasteiger partial charge in [-0.3, -0.25) is 0 Å². The van der Waals surface area contributed by atoms with E-state index >= 15 is 0 Å². The van der Waals surface area contributed by atoms with Crippen LogP contribution < -0.4 is 4.90 Å². The van der Waals surface area contributed by atoms with Crippen LogP contribution in [0.1, 0.15) is 23.6 Å². The van der Waals surface area contributed by atoms with Gasteiger partial charge in [-0.1, -0.05) is 261 Å². The maximum absolute atomic E-state index is 2.48. The van der Waals surface area contributed by atoms with Crippen molar-refractivity contribution in [1.82, 2.24) is 4.57 Å². The fraction of sp³-hybridized carbons (Fsp3) is 0.0233. The molecule has 0 bridgehead atoms. The molecule has 0 saturated heterocycles. The van der Waals surface area contributed by atoms with Crippen LogP contribution in [0.3, 0.4) is 0 Å². The lowest BCUT2D eigenvalue weighted by Crippen LogP contribution is -2.23. The molecule has 0 spiro atoms. The van der Waals surface area contributed by atoms with E-state index in [1.165, 1.54) is 138 Å². The van der Waals surface area contributed by atoms with Crippen molar-refractivity contribution < 1.29 is 0 Å². The summed E-state index contributed by atoms with van der Waals surface area (Å²) in [6.07, 6.45) is 0. The van der Waals surface area contributed by atoms with Crippen molar-refractivity contribution in [1.29, 1.82) is 0 Å². The summed E-state index contributed by atoms with van der Waals surface area (Å²) in [6.45, 7) is 2.45. The standard InChI is InChI=1S/C86H58N2/c1-86(64-27-16-26-63(54-64)71-51-52-79(73-35-18-25-61-23-9-11-31-70(61)73)85-77(71)36-19-37-78(85)72-34-17-24-60-22-8-10-30-69(60)72)81-38-14-12-32-74(81)75-50-49-68(56-82(75)86)87(66-45-40-58(41-46-66)57-20-4-2-5-21-57)67-47-42-59(43-48-67)62-44-53-84-80(55-62)76-33-13-15-39-83(76)88(84)65-28-6-3-7-29-65/h2-56H,1H3. The van der Waals surface area contributed by atoms with Crippen LogP contribution in [0.15, 0.2) is 334 Å². The third-order valence-electron chi connectivity index (χ3n) is 18.9. The summed E-state index contributed by atoms with van der Waals surface area (Å²) in [6, 6.07) is 124. The summed E-state index contributed by atoms with van der Waals surface area (Å²) in [5.41, 5.74) is 24.7. The molecule has 0 amide bonds. The van der Waals surface area contributed by atoms with E-state index in [0.717, 1.165) is 22.7 Å². The quantitative estimate of drug-likeness (QED) is 0.132. The highest BCUT2D eigenvalue weighted by Gasteiger charge is 2.41. The van der Waals surface area contributed by atoms with Crippen molar-refractivity contribution >= 4 is 71.2 Å². The predicted octanol–water partition coefficient (Wildman–Crippen LogP) is 23.4. The van der Waals surface area contributed by atoms with Gasteiger partial charge >= 0.3 is 0 Å². The first-order valence-electron chi connectivity index (χ1n) is 30.6. The second-order valence-corrected chi connectivity index (χ2v) is 23.6. The number of aromatic nitrogens is 1. The fourth-order valence-corrected chi connectivity index (χ4v) is 14.6. The maximum atomic E-state index is 2.48. The third kappa shape index (κ3) is 8.25. The average molecular weight is 1120 g/mol. The molecule has 2 nitrogen and oxygen atoms in total. The van der Waals surface area contributed by atoms with Gasteiger partial charge in [-0.25, -0.2) is 0 Å². The molecule has 88 heavy (non-hydrogen) atoms. The molecule has 1 heterocycles. The van der Waals surface area contributed by atoms with E-state index in [2.05, 4.69) is 350 Å². The normalized spacial score (nSPS) is 13.6. The van der Waals surface area contributed by atoms with E-state index in [1.807, 2.05) is 0 Å². The predicted molar refractivity (Wildman–Crippen MR) is 373 cm³/mol. The Kier molecular flexibility index (Phi) is 12.0. The lowest BCUT2D eigenvalue weighted by atomic mass is 9.73. The molecule has 15 aromatic carbocycles. The molecule has 0 radical (unpaired) electrons. The number of para-hydroxylation sites is 2. The number of benzene rings is 15. The number of hydrogen-bond donors (Lipinski definition) is 0. The van der Waals surface area contributed by atoms with Gasteiger partial charge in [0.15, 0.2) is 0 Å². The molecule has 1 unspecified atom stereocenters. The molecule has 1 aliphatic carbocycles. The minimum Gasteiger partial charge on any atom is -0.310 e. The van der Waals surface area contributed by atoms with Gasteiger partial charge in [0.25, 0.3) is 0 Å². The van der Waals surface area contributed by atoms with Gasteiger partial charge in [0.2, 0.25) is 0 Å². The molecule has 1 aromatic heterocycles. The number of rotatable bonds is 10. The lowest BCUT2D eigenvalue weighted by molar-refractivity contribution is 0.714. The molecule has 16 aromatic rings. The zero-order chi connectivity index (χ0) is 58.3. The van der Waals surface area contributed by atoms with Crippen molar-refractivity contribution in [2.24, 2.45) is 0 Å². The minimum absolute atomic E-state index is 0.500. The van der Waals surface area contributed by atoms with E-state index < -0.39 is 5.41 Å². The Morgan fingerprint density at radius 1 is 0.261 bits per heavy atom. The smallest absolute Gasteiger partial charge is 0.0541 e. The largest absolute Gasteiger partial charge is 0.310 e. The summed E-state index contributed by atoms with van der Waals surface area (Å²) in [7, 11) is 0. The van der Waals surface area contributed by atoms with Crippen molar-refractivity contribution in [3.8, 4) is 72.4 Å². The second-order valence-electron chi connectivity index (χ2n) is 23.6. The van der Waals surface area contributed by atoms with E-state index in [4.69, 9.17) is 0 Å². The first kappa shape index (κ1) is 51.1. The molecular weight excluding hydrogens is 1060 g/mol. The molecule has 0 aliphatic heterocycles. The number of fused-ring (bicyclic) bond motifs is 9. The first-order valence-corrected chi connectivity index (χ1v) is 30.6. The molecule has 0 N–H and O–H groups in total. The second kappa shape index (κ2) is 20.7. The Morgan fingerprint density at radius 3 is 1.45 bits per heavy atom. The van der Waals surface area contributed by atoms with Gasteiger partial charge in [0.05, 0.1) is 11.0 Å². The minimum atomic E-state index is -0.500. The van der Waals surface area contributed by atoms with Crippen molar-refractivity contribution in [3.05, 3.63) is 350 Å². The monoisotopic (exact) mass is 1120 g/mol. The highest BCUT2D eigenvalue weighted by molar-refractivity contribution is 6.17. The molecule has 0 fully saturated rings. The third-order valence-corrected chi connectivity index (χ3v) is 18.9. The Balaban J connectivity index is 0.804. The van der Waals surface area contributed by atoms with Gasteiger partial charge in [0, 0.05) is 38.9 Å². The Bertz CT molecular complexity index is 5290. The van der Waals surface area contributed by atoms with Crippen LogP contribution in [0.25, 0.3) is 127 Å². The van der Waals surface area contributed by atoms with Crippen molar-refractivity contribution in [2.45, 2.75) is 12.3 Å². The summed E-state index contributed by atoms with van der Waals surface area (Å²) < 4.78 is 2.38. The van der Waals surface area contributed by atoms with Crippen LogP contribution >= 0.6 is 0 Å². The zero-order valence-electron chi connectivity index (χ0n) is 48.6. The Hall–Kier alpha value is -11.3. The number of hydrogen-bond acceptors (Lipinski definition) is 1. The Morgan fingerprint density at radius 2 is 0.727 bits per heavy atom. The van der Waals surface area contributed by atoms with Crippen LogP contribution in [-0.4, -0.2) is 4.57 Å². The van der Waals surface area contributed by atoms with Gasteiger partial charge in [-0.15, -0.1) is 0 Å². The van der Waals surface area contributed by atoms with Crippen molar-refractivity contribution in [2.75, 3.05) is 4.90 Å². The summed E-state index contributed by atoms with van der Waals surface area (Å²) >= 11 is 0. The zero-order valence-corrected chi connectivity index (χ0v) is 48.6. The van der Waals surface area contributed by atoms with Gasteiger partial charge in [-0.05, 0) is 195 Å². The fourth-order valence-electron chi connectivity index (χ4n) is 14.6. The highest BCUT2D eigenvalue weighted by Crippen LogP contribution is 2.55. The number of nitrogens with zero attached hydrogens (tertiary/aromatic N) is 2. The van der Waals surface area contributed by atoms with Gasteiger partial charge in [-0.2, -0.15) is 0 Å². The summed E-state index contributed by atoms with van der Waals surface area (Å²) in [4.78, 5) is 2.44. The average Bonchev–Trinajstić information content (AvgIpc) is 1.64. The van der Waals surface area contributed by atoms with E-state index in [-0.39, 0.29) is 0 Å². The van der Waals surface area contributed by atoms with E-state index in [1.54, 1.807) is 0 Å². The molecule has 17 rings (SSSR count). The van der Waals surface area contributed by atoms with Crippen LogP contribution in [0.2, 0.25) is 0 Å². The van der Waals surface area contributed by atoms with Gasteiger partial charge in [0.1, 0.15) is 0 Å². The Labute approximate surface area is 512 Å². The molecule has 1 aliphatic rings. The van der Waals surface area contributed by atoms with Crippen molar-refractivity contribution in [3.63, 3.8) is 0 Å². The summed E-state index contributed by atoms with van der Waals surface area (Å²) in [5, 5.41) is 9.92. The molecule has 0 saturated carbocycles. The molecular formula is C86H58N2. The molecule has 412 valence electrons. The van der Waals surface area contributed by atoms with Crippen LogP contribution in [0.4, 0.5) is 17.1 Å². The maximum Gasteiger partial charge on any atom is 0.0541 e.